The number of carbonyl (C=O) groups is 2. The van der Waals surface area contributed by atoms with Gasteiger partial charge in [0.1, 0.15) is 11.3 Å². The number of rotatable bonds is 7. The Morgan fingerprint density at radius 3 is 2.57 bits per heavy atom. The second-order valence-corrected chi connectivity index (χ2v) is 5.97. The van der Waals surface area contributed by atoms with Crippen LogP contribution in [0.2, 0.25) is 0 Å². The molecule has 0 spiro atoms. The van der Waals surface area contributed by atoms with E-state index in [0.29, 0.717) is 16.5 Å². The van der Waals surface area contributed by atoms with E-state index in [1.807, 2.05) is 0 Å². The Morgan fingerprint density at radius 2 is 1.89 bits per heavy atom. The van der Waals surface area contributed by atoms with Crippen LogP contribution < -0.4 is 9.47 Å². The highest BCUT2D eigenvalue weighted by molar-refractivity contribution is 6.15. The van der Waals surface area contributed by atoms with Crippen molar-refractivity contribution in [3.05, 3.63) is 59.4 Å². The minimum atomic E-state index is -0.938. The number of phenols is 1. The van der Waals surface area contributed by atoms with E-state index in [0.717, 1.165) is 0 Å². The lowest BCUT2D eigenvalue weighted by Gasteiger charge is -2.13. The predicted molar refractivity (Wildman–Crippen MR) is 102 cm³/mol. The van der Waals surface area contributed by atoms with Crippen LogP contribution in [0.5, 0.6) is 17.2 Å². The van der Waals surface area contributed by atoms with Gasteiger partial charge in [0.2, 0.25) is 5.75 Å². The van der Waals surface area contributed by atoms with E-state index in [1.165, 1.54) is 26.6 Å². The average Bonchev–Trinajstić information content (AvgIpc) is 3.14. The van der Waals surface area contributed by atoms with Gasteiger partial charge in [0, 0.05) is 0 Å². The maximum atomic E-state index is 12.8. The number of aliphatic carboxylic acids is 1. The second-order valence-electron chi connectivity index (χ2n) is 5.97. The molecule has 1 heterocycles. The lowest BCUT2D eigenvalue weighted by molar-refractivity contribution is -0.136. The molecule has 3 rings (SSSR count). The molecule has 1 aromatic heterocycles. The van der Waals surface area contributed by atoms with Gasteiger partial charge in [-0.25, -0.2) is 0 Å². The summed E-state index contributed by atoms with van der Waals surface area (Å²) >= 11 is 0. The molecule has 7 nitrogen and oxygen atoms in total. The quantitative estimate of drug-likeness (QED) is 0.474. The molecule has 2 aromatic carbocycles. The number of furan rings is 1. The van der Waals surface area contributed by atoms with Gasteiger partial charge in [-0.2, -0.15) is 0 Å². The maximum absolute atomic E-state index is 12.8. The van der Waals surface area contributed by atoms with Gasteiger partial charge >= 0.3 is 5.97 Å². The van der Waals surface area contributed by atoms with Crippen LogP contribution >= 0.6 is 0 Å². The van der Waals surface area contributed by atoms with Crippen LogP contribution in [-0.2, 0) is 11.2 Å². The van der Waals surface area contributed by atoms with Gasteiger partial charge in [-0.1, -0.05) is 30.3 Å². The van der Waals surface area contributed by atoms with Gasteiger partial charge in [-0.3, -0.25) is 9.59 Å². The molecule has 3 aromatic rings. The summed E-state index contributed by atoms with van der Waals surface area (Å²) in [6, 6.07) is 8.44. The number of fused-ring (bicyclic) bond motifs is 1. The Bertz CT molecular complexity index is 1080. The zero-order valence-corrected chi connectivity index (χ0v) is 15.3. The fourth-order valence-electron chi connectivity index (χ4n) is 2.99. The number of allylic oxidation sites excluding steroid dienone is 1. The molecule has 2 N–H and O–H groups in total. The number of ketones is 1. The molecule has 0 aliphatic rings. The number of phenolic OH excluding ortho intramolecular Hbond substituents is 1. The molecule has 7 heteroatoms. The summed E-state index contributed by atoms with van der Waals surface area (Å²) in [5, 5.41) is 19.9. The monoisotopic (exact) mass is 382 g/mol. The van der Waals surface area contributed by atoms with Crippen molar-refractivity contribution in [1.82, 2.24) is 0 Å². The minimum absolute atomic E-state index is 0.0426. The smallest absolute Gasteiger partial charge is 0.307 e. The summed E-state index contributed by atoms with van der Waals surface area (Å²) in [6.07, 6.45) is 4.12. The van der Waals surface area contributed by atoms with Crippen molar-refractivity contribution in [2.24, 2.45) is 0 Å². The maximum Gasteiger partial charge on any atom is 0.307 e. The second kappa shape index (κ2) is 7.87. The van der Waals surface area contributed by atoms with Gasteiger partial charge in [0.05, 0.1) is 32.3 Å². The van der Waals surface area contributed by atoms with Crippen LogP contribution in [0.1, 0.15) is 21.5 Å². The van der Waals surface area contributed by atoms with Gasteiger partial charge in [-0.05, 0) is 23.3 Å². The summed E-state index contributed by atoms with van der Waals surface area (Å²) in [4.78, 5) is 23.7. The number of carbonyl (C=O) groups excluding carboxylic acids is 1. The minimum Gasteiger partial charge on any atom is -0.504 e. The van der Waals surface area contributed by atoms with Crippen LogP contribution in [-0.4, -0.2) is 36.2 Å². The number of ether oxygens (including phenoxy) is 2. The normalized spacial score (nSPS) is 11.1. The van der Waals surface area contributed by atoms with Crippen LogP contribution in [0.3, 0.4) is 0 Å². The number of hydrogen-bond donors (Lipinski definition) is 2. The molecule has 0 bridgehead atoms. The number of hydrogen-bond acceptors (Lipinski definition) is 6. The van der Waals surface area contributed by atoms with Crippen molar-refractivity contribution in [1.29, 1.82) is 0 Å². The number of carboxylic acid groups (broad SMARTS) is 1. The van der Waals surface area contributed by atoms with Crippen LogP contribution in [0.15, 0.2) is 47.1 Å². The predicted octanol–water partition coefficient (Wildman–Crippen LogP) is 3.68. The Morgan fingerprint density at radius 1 is 1.14 bits per heavy atom. The van der Waals surface area contributed by atoms with Crippen LogP contribution in [0, 0.1) is 0 Å². The molecule has 0 saturated heterocycles. The van der Waals surface area contributed by atoms with Crippen molar-refractivity contribution in [2.75, 3.05) is 14.2 Å². The van der Waals surface area contributed by atoms with E-state index < -0.39 is 11.8 Å². The Labute approximate surface area is 160 Å². The molecule has 28 heavy (non-hydrogen) atoms. The molecule has 0 aliphatic carbocycles. The third-order valence-corrected chi connectivity index (χ3v) is 4.18. The van der Waals surface area contributed by atoms with Crippen molar-refractivity contribution < 1.29 is 33.7 Å². The van der Waals surface area contributed by atoms with Gasteiger partial charge in [0.25, 0.3) is 0 Å². The van der Waals surface area contributed by atoms with E-state index in [1.54, 1.807) is 36.4 Å². The first-order valence-electron chi connectivity index (χ1n) is 8.33. The number of carboxylic acids is 1. The Kier molecular flexibility index (Phi) is 5.35. The van der Waals surface area contributed by atoms with Gasteiger partial charge < -0.3 is 24.1 Å². The molecule has 144 valence electrons. The largest absolute Gasteiger partial charge is 0.504 e. The first kappa shape index (κ1) is 19.0. The number of benzene rings is 2. The number of methoxy groups -OCH3 is 2. The van der Waals surface area contributed by atoms with Crippen molar-refractivity contribution in [3.8, 4) is 17.2 Å². The highest BCUT2D eigenvalue weighted by atomic mass is 16.5. The summed E-state index contributed by atoms with van der Waals surface area (Å²) < 4.78 is 15.9. The first-order valence-corrected chi connectivity index (χ1v) is 8.33. The van der Waals surface area contributed by atoms with Crippen molar-refractivity contribution >= 4 is 28.8 Å². The average molecular weight is 382 g/mol. The standard InChI is InChI=1S/C21H18O7/c1-26-19-14-8-9-28-20(14)21(27-2)18(25)17(19)15(22)7-6-12-4-3-5-13(10-12)11-16(23)24/h3-10,25H,11H2,1-2H3,(H,23,24). The number of aromatic hydroxyl groups is 1. The molecular weight excluding hydrogens is 364 g/mol. The lowest BCUT2D eigenvalue weighted by Crippen LogP contribution is -2.02. The molecule has 0 fully saturated rings. The van der Waals surface area contributed by atoms with E-state index in [-0.39, 0.29) is 34.8 Å². The third-order valence-electron chi connectivity index (χ3n) is 4.18. The third kappa shape index (κ3) is 3.55. The summed E-state index contributed by atoms with van der Waals surface area (Å²) in [5.74, 6) is -1.60. The molecule has 0 saturated carbocycles. The molecule has 0 radical (unpaired) electrons. The van der Waals surface area contributed by atoms with E-state index in [4.69, 9.17) is 19.0 Å². The summed E-state index contributed by atoms with van der Waals surface area (Å²) in [5.41, 5.74) is 1.50. The molecule has 0 amide bonds. The summed E-state index contributed by atoms with van der Waals surface area (Å²) in [7, 11) is 2.76. The first-order chi connectivity index (χ1) is 13.5. The summed E-state index contributed by atoms with van der Waals surface area (Å²) in [6.45, 7) is 0. The van der Waals surface area contributed by atoms with Crippen LogP contribution in [0.4, 0.5) is 0 Å². The van der Waals surface area contributed by atoms with E-state index in [9.17, 15) is 14.7 Å². The Balaban J connectivity index is 2.01. The molecule has 0 atom stereocenters. The highest BCUT2D eigenvalue weighted by Crippen LogP contribution is 2.45. The van der Waals surface area contributed by atoms with Crippen molar-refractivity contribution in [3.63, 3.8) is 0 Å². The van der Waals surface area contributed by atoms with Crippen LogP contribution in [0.25, 0.3) is 17.0 Å². The SMILES string of the molecule is COc1c(C(=O)C=Cc2cccc(CC(=O)O)c2)c(O)c(OC)c2occc12. The highest BCUT2D eigenvalue weighted by Gasteiger charge is 2.26. The van der Waals surface area contributed by atoms with Gasteiger partial charge in [0.15, 0.2) is 17.1 Å². The zero-order valence-electron chi connectivity index (χ0n) is 15.3. The van der Waals surface area contributed by atoms with Gasteiger partial charge in [-0.15, -0.1) is 0 Å². The lowest BCUT2D eigenvalue weighted by atomic mass is 10.0. The molecule has 0 aliphatic heterocycles. The molecule has 0 unspecified atom stereocenters. The fourth-order valence-corrected chi connectivity index (χ4v) is 2.99. The topological polar surface area (TPSA) is 106 Å². The fraction of sp³-hybridized carbons (Fsp3) is 0.143. The van der Waals surface area contributed by atoms with Crippen molar-refractivity contribution in [2.45, 2.75) is 6.42 Å². The van der Waals surface area contributed by atoms with E-state index in [2.05, 4.69) is 0 Å². The zero-order chi connectivity index (χ0) is 20.3. The molecular formula is C21H18O7. The van der Waals surface area contributed by atoms with E-state index >= 15 is 0 Å². The Hall–Kier alpha value is -3.74.